The minimum atomic E-state index is -4.21. The molecule has 0 fully saturated rings. The standard InChI is InChI=1S/C15H14N2O4S/c1-17-7-6-16-15(17)10-21-13-4-2-11-3-5-14(22(18,19)20)9-12(11)8-13/h2-9H,10H2,1H3,(H,18,19,20). The van der Waals surface area contributed by atoms with Gasteiger partial charge in [-0.05, 0) is 35.0 Å². The fourth-order valence-corrected chi connectivity index (χ4v) is 2.65. The summed E-state index contributed by atoms with van der Waals surface area (Å²) in [4.78, 5) is 4.03. The van der Waals surface area contributed by atoms with Crippen LogP contribution in [0.3, 0.4) is 0 Å². The predicted octanol–water partition coefficient (Wildman–Crippen LogP) is 2.40. The molecule has 0 aliphatic heterocycles. The molecule has 1 N–H and O–H groups in total. The summed E-state index contributed by atoms with van der Waals surface area (Å²) in [6, 6.07) is 9.79. The van der Waals surface area contributed by atoms with Crippen LogP contribution in [0.5, 0.6) is 5.75 Å². The molecule has 7 heteroatoms. The average molecular weight is 318 g/mol. The number of rotatable bonds is 4. The Bertz CT molecular complexity index is 932. The maximum absolute atomic E-state index is 11.2. The van der Waals surface area contributed by atoms with Crippen LogP contribution < -0.4 is 4.74 Å². The molecule has 0 aliphatic carbocycles. The van der Waals surface area contributed by atoms with Crippen molar-refractivity contribution in [2.45, 2.75) is 11.5 Å². The average Bonchev–Trinajstić information content (AvgIpc) is 2.88. The maximum Gasteiger partial charge on any atom is 0.294 e. The van der Waals surface area contributed by atoms with Gasteiger partial charge >= 0.3 is 0 Å². The van der Waals surface area contributed by atoms with Crippen LogP contribution in [0, 0.1) is 0 Å². The second kappa shape index (κ2) is 5.43. The molecule has 0 radical (unpaired) electrons. The Kier molecular flexibility index (Phi) is 3.59. The van der Waals surface area contributed by atoms with Crippen molar-refractivity contribution in [1.82, 2.24) is 9.55 Å². The Morgan fingerprint density at radius 2 is 1.95 bits per heavy atom. The highest BCUT2D eigenvalue weighted by molar-refractivity contribution is 7.85. The van der Waals surface area contributed by atoms with Gasteiger partial charge in [0.2, 0.25) is 0 Å². The van der Waals surface area contributed by atoms with E-state index in [1.54, 1.807) is 24.4 Å². The van der Waals surface area contributed by atoms with Crippen molar-refractivity contribution in [2.24, 2.45) is 7.05 Å². The van der Waals surface area contributed by atoms with E-state index in [2.05, 4.69) is 4.98 Å². The molecule has 3 rings (SSSR count). The topological polar surface area (TPSA) is 81.4 Å². The first-order chi connectivity index (χ1) is 10.4. The van der Waals surface area contributed by atoms with E-state index in [-0.39, 0.29) is 4.90 Å². The molecule has 6 nitrogen and oxygen atoms in total. The maximum atomic E-state index is 11.2. The van der Waals surface area contributed by atoms with Crippen LogP contribution in [0.2, 0.25) is 0 Å². The van der Waals surface area contributed by atoms with Crippen LogP contribution in [0.4, 0.5) is 0 Å². The molecule has 0 saturated carbocycles. The number of fused-ring (bicyclic) bond motifs is 1. The molecule has 0 saturated heterocycles. The predicted molar refractivity (Wildman–Crippen MR) is 81.3 cm³/mol. The summed E-state index contributed by atoms with van der Waals surface area (Å²) in [5.74, 6) is 1.38. The minimum Gasteiger partial charge on any atom is -0.486 e. The van der Waals surface area contributed by atoms with Crippen molar-refractivity contribution in [3.05, 3.63) is 54.6 Å². The van der Waals surface area contributed by atoms with Gasteiger partial charge in [0.15, 0.2) is 0 Å². The number of imidazole rings is 1. The number of hydrogen-bond acceptors (Lipinski definition) is 4. The lowest BCUT2D eigenvalue weighted by Crippen LogP contribution is -2.03. The third-order valence-electron chi connectivity index (χ3n) is 3.37. The van der Waals surface area contributed by atoms with E-state index in [9.17, 15) is 8.42 Å². The molecular weight excluding hydrogens is 304 g/mol. The Morgan fingerprint density at radius 3 is 2.64 bits per heavy atom. The first-order valence-corrected chi connectivity index (χ1v) is 7.98. The summed E-state index contributed by atoms with van der Waals surface area (Å²) >= 11 is 0. The van der Waals surface area contributed by atoms with Crippen LogP contribution in [-0.4, -0.2) is 22.5 Å². The van der Waals surface area contributed by atoms with Gasteiger partial charge in [0, 0.05) is 19.4 Å². The molecule has 0 amide bonds. The third-order valence-corrected chi connectivity index (χ3v) is 4.22. The highest BCUT2D eigenvalue weighted by Gasteiger charge is 2.10. The highest BCUT2D eigenvalue weighted by Crippen LogP contribution is 2.24. The lowest BCUT2D eigenvalue weighted by molar-refractivity contribution is 0.292. The number of nitrogens with zero attached hydrogens (tertiary/aromatic N) is 2. The molecule has 3 aromatic rings. The number of aromatic nitrogens is 2. The Morgan fingerprint density at radius 1 is 1.18 bits per heavy atom. The largest absolute Gasteiger partial charge is 0.486 e. The summed E-state index contributed by atoms with van der Waals surface area (Å²) < 4.78 is 39.0. The molecule has 114 valence electrons. The van der Waals surface area contributed by atoms with Crippen molar-refractivity contribution in [2.75, 3.05) is 0 Å². The first kappa shape index (κ1) is 14.6. The molecule has 2 aromatic carbocycles. The fraction of sp³-hybridized carbons (Fsp3) is 0.133. The Labute approximate surface area is 127 Å². The molecular formula is C15H14N2O4S. The van der Waals surface area contributed by atoms with Crippen molar-refractivity contribution in [3.8, 4) is 5.75 Å². The summed E-state index contributed by atoms with van der Waals surface area (Å²) in [6.07, 6.45) is 3.52. The van der Waals surface area contributed by atoms with Gasteiger partial charge in [0.25, 0.3) is 10.1 Å². The van der Waals surface area contributed by atoms with Crippen LogP contribution in [-0.2, 0) is 23.8 Å². The summed E-state index contributed by atoms with van der Waals surface area (Å²) in [7, 11) is -2.34. The van der Waals surface area contributed by atoms with Crippen LogP contribution in [0.15, 0.2) is 53.7 Å². The van der Waals surface area contributed by atoms with Gasteiger partial charge in [-0.3, -0.25) is 4.55 Å². The van der Waals surface area contributed by atoms with Gasteiger partial charge in [0.1, 0.15) is 18.2 Å². The number of hydrogen-bond donors (Lipinski definition) is 1. The second-order valence-corrected chi connectivity index (χ2v) is 6.31. The zero-order chi connectivity index (χ0) is 15.7. The van der Waals surface area contributed by atoms with E-state index in [4.69, 9.17) is 9.29 Å². The van der Waals surface area contributed by atoms with E-state index >= 15 is 0 Å². The van der Waals surface area contributed by atoms with Gasteiger partial charge in [-0.1, -0.05) is 12.1 Å². The van der Waals surface area contributed by atoms with Crippen molar-refractivity contribution in [1.29, 1.82) is 0 Å². The summed E-state index contributed by atoms with van der Waals surface area (Å²) in [5, 5.41) is 1.53. The van der Waals surface area contributed by atoms with E-state index in [1.165, 1.54) is 12.1 Å². The van der Waals surface area contributed by atoms with Crippen molar-refractivity contribution < 1.29 is 17.7 Å². The van der Waals surface area contributed by atoms with E-state index in [0.29, 0.717) is 17.7 Å². The number of benzene rings is 2. The minimum absolute atomic E-state index is 0.138. The van der Waals surface area contributed by atoms with Crippen molar-refractivity contribution >= 4 is 20.9 Å². The SMILES string of the molecule is Cn1ccnc1COc1ccc2ccc(S(=O)(=O)O)cc2c1. The molecule has 0 atom stereocenters. The highest BCUT2D eigenvalue weighted by atomic mass is 32.2. The lowest BCUT2D eigenvalue weighted by atomic mass is 10.1. The molecule has 0 aliphatic rings. The van der Waals surface area contributed by atoms with Gasteiger partial charge in [-0.15, -0.1) is 0 Å². The van der Waals surface area contributed by atoms with E-state index < -0.39 is 10.1 Å². The van der Waals surface area contributed by atoms with Gasteiger partial charge < -0.3 is 9.30 Å². The van der Waals surface area contributed by atoms with E-state index in [0.717, 1.165) is 11.2 Å². The molecule has 1 heterocycles. The fourth-order valence-electron chi connectivity index (χ4n) is 2.14. The lowest BCUT2D eigenvalue weighted by Gasteiger charge is -2.08. The van der Waals surface area contributed by atoms with Gasteiger partial charge in [-0.25, -0.2) is 4.98 Å². The zero-order valence-electron chi connectivity index (χ0n) is 11.8. The molecule has 0 unspecified atom stereocenters. The number of aryl methyl sites for hydroxylation is 1. The summed E-state index contributed by atoms with van der Waals surface area (Å²) in [6.45, 7) is 0.312. The molecule has 0 spiro atoms. The van der Waals surface area contributed by atoms with Crippen LogP contribution >= 0.6 is 0 Å². The molecule has 1 aromatic heterocycles. The van der Waals surface area contributed by atoms with Crippen LogP contribution in [0.25, 0.3) is 10.8 Å². The first-order valence-electron chi connectivity index (χ1n) is 6.54. The molecule has 22 heavy (non-hydrogen) atoms. The van der Waals surface area contributed by atoms with Crippen molar-refractivity contribution in [3.63, 3.8) is 0 Å². The zero-order valence-corrected chi connectivity index (χ0v) is 12.6. The smallest absolute Gasteiger partial charge is 0.294 e. The quantitative estimate of drug-likeness (QED) is 0.747. The Hall–Kier alpha value is -2.38. The van der Waals surface area contributed by atoms with E-state index in [1.807, 2.05) is 23.9 Å². The van der Waals surface area contributed by atoms with Gasteiger partial charge in [0.05, 0.1) is 4.90 Å². The molecule has 0 bridgehead atoms. The van der Waals surface area contributed by atoms with Gasteiger partial charge in [-0.2, -0.15) is 8.42 Å². The number of ether oxygens (including phenoxy) is 1. The van der Waals surface area contributed by atoms with Crippen LogP contribution in [0.1, 0.15) is 5.82 Å². The second-order valence-electron chi connectivity index (χ2n) is 4.89. The summed E-state index contributed by atoms with van der Waals surface area (Å²) in [5.41, 5.74) is 0. The normalized spacial score (nSPS) is 11.7. The monoisotopic (exact) mass is 318 g/mol. The Balaban J connectivity index is 1.89. The third kappa shape index (κ3) is 2.95.